The number of esters is 1. The highest BCUT2D eigenvalue weighted by Gasteiger charge is 2.24. The summed E-state index contributed by atoms with van der Waals surface area (Å²) in [6, 6.07) is 21.1. The van der Waals surface area contributed by atoms with Crippen molar-refractivity contribution >= 4 is 39.1 Å². The van der Waals surface area contributed by atoms with E-state index in [4.69, 9.17) is 9.72 Å². The van der Waals surface area contributed by atoms with E-state index < -0.39 is 5.97 Å². The average Bonchev–Trinajstić information content (AvgIpc) is 3.32. The third-order valence-corrected chi connectivity index (χ3v) is 7.22. The van der Waals surface area contributed by atoms with Gasteiger partial charge in [0.25, 0.3) is 5.91 Å². The number of aryl methyl sites for hydroxylation is 2. The molecular weight excluding hydrogens is 487 g/mol. The number of hydrogen-bond donors (Lipinski definition) is 1. The van der Waals surface area contributed by atoms with Gasteiger partial charge in [-0.15, -0.1) is 11.3 Å². The van der Waals surface area contributed by atoms with Crippen molar-refractivity contribution in [1.29, 1.82) is 0 Å². The number of anilines is 1. The van der Waals surface area contributed by atoms with E-state index in [1.165, 1.54) is 36.1 Å². The van der Waals surface area contributed by atoms with E-state index in [-0.39, 0.29) is 17.3 Å². The number of nitrogens with zero attached hydrogens (tertiary/aromatic N) is 1. The highest BCUT2D eigenvalue weighted by atomic mass is 32.1. The fraction of sp³-hybridized carbons (Fsp3) is 0.100. The molecular formula is C30H23FN2O3S. The molecule has 0 aliphatic carbocycles. The summed E-state index contributed by atoms with van der Waals surface area (Å²) < 4.78 is 18.5. The first-order valence-electron chi connectivity index (χ1n) is 11.6. The van der Waals surface area contributed by atoms with Gasteiger partial charge >= 0.3 is 5.97 Å². The minimum Gasteiger partial charge on any atom is -0.465 e. The highest BCUT2D eigenvalue weighted by molar-refractivity contribution is 7.15. The normalized spacial score (nSPS) is 10.9. The molecule has 1 amide bonds. The van der Waals surface area contributed by atoms with Crippen LogP contribution in [0.25, 0.3) is 33.3 Å². The van der Waals surface area contributed by atoms with Crippen molar-refractivity contribution in [3.63, 3.8) is 0 Å². The second-order valence-electron chi connectivity index (χ2n) is 8.68. The van der Waals surface area contributed by atoms with Crippen LogP contribution in [-0.2, 0) is 4.74 Å². The molecule has 0 atom stereocenters. The molecule has 0 bridgehead atoms. The third-order valence-electron chi connectivity index (χ3n) is 6.33. The Hall–Kier alpha value is -4.36. The molecule has 0 aliphatic heterocycles. The Morgan fingerprint density at radius 1 is 0.919 bits per heavy atom. The first-order valence-corrected chi connectivity index (χ1v) is 12.5. The number of amides is 1. The van der Waals surface area contributed by atoms with Crippen LogP contribution in [0.2, 0.25) is 0 Å². The zero-order valence-corrected chi connectivity index (χ0v) is 21.3. The lowest BCUT2D eigenvalue weighted by molar-refractivity contribution is 0.0603. The van der Waals surface area contributed by atoms with Gasteiger partial charge in [0.05, 0.1) is 23.9 Å². The summed E-state index contributed by atoms with van der Waals surface area (Å²) in [7, 11) is 1.28. The molecule has 184 valence electrons. The summed E-state index contributed by atoms with van der Waals surface area (Å²) >= 11 is 1.21. The maximum absolute atomic E-state index is 13.7. The molecule has 0 aliphatic rings. The van der Waals surface area contributed by atoms with E-state index in [1.54, 1.807) is 23.6 Å². The van der Waals surface area contributed by atoms with Gasteiger partial charge < -0.3 is 10.1 Å². The Kier molecular flexibility index (Phi) is 6.54. The molecule has 37 heavy (non-hydrogen) atoms. The molecule has 0 saturated heterocycles. The predicted molar refractivity (Wildman–Crippen MR) is 146 cm³/mol. The second kappa shape index (κ2) is 9.95. The number of para-hydroxylation sites is 1. The summed E-state index contributed by atoms with van der Waals surface area (Å²) in [6.07, 6.45) is 0. The summed E-state index contributed by atoms with van der Waals surface area (Å²) in [5.74, 6) is -1.34. The number of carbonyl (C=O) groups is 2. The van der Waals surface area contributed by atoms with Crippen LogP contribution in [0.5, 0.6) is 0 Å². The fourth-order valence-electron chi connectivity index (χ4n) is 4.18. The van der Waals surface area contributed by atoms with Crippen molar-refractivity contribution in [3.05, 3.63) is 106 Å². The molecule has 1 N–H and O–H groups in total. The van der Waals surface area contributed by atoms with Crippen LogP contribution in [0.4, 0.5) is 9.39 Å². The molecule has 0 unspecified atom stereocenters. The third kappa shape index (κ3) is 4.73. The smallest absolute Gasteiger partial charge is 0.341 e. The monoisotopic (exact) mass is 510 g/mol. The molecule has 2 heterocycles. The number of ether oxygens (including phenoxy) is 1. The molecule has 5 aromatic rings. The summed E-state index contributed by atoms with van der Waals surface area (Å²) in [4.78, 5) is 31.2. The first kappa shape index (κ1) is 24.3. The molecule has 0 radical (unpaired) electrons. The van der Waals surface area contributed by atoms with Crippen molar-refractivity contribution in [2.45, 2.75) is 13.8 Å². The Bertz CT molecular complexity index is 1660. The first-order chi connectivity index (χ1) is 17.9. The fourth-order valence-corrected chi connectivity index (χ4v) is 5.13. The van der Waals surface area contributed by atoms with E-state index in [1.807, 2.05) is 50.2 Å². The van der Waals surface area contributed by atoms with E-state index in [9.17, 15) is 14.0 Å². The van der Waals surface area contributed by atoms with Gasteiger partial charge in [0, 0.05) is 21.9 Å². The zero-order chi connectivity index (χ0) is 26.1. The topological polar surface area (TPSA) is 68.3 Å². The van der Waals surface area contributed by atoms with Crippen molar-refractivity contribution in [2.24, 2.45) is 0 Å². The quantitative estimate of drug-likeness (QED) is 0.250. The van der Waals surface area contributed by atoms with Gasteiger partial charge in [-0.25, -0.2) is 14.2 Å². The van der Waals surface area contributed by atoms with Crippen LogP contribution in [0, 0.1) is 19.7 Å². The number of thiophene rings is 1. The van der Waals surface area contributed by atoms with Crippen LogP contribution in [0.1, 0.15) is 31.8 Å². The molecule has 0 saturated carbocycles. The van der Waals surface area contributed by atoms with E-state index in [0.717, 1.165) is 11.1 Å². The Morgan fingerprint density at radius 2 is 1.65 bits per heavy atom. The zero-order valence-electron chi connectivity index (χ0n) is 20.5. The summed E-state index contributed by atoms with van der Waals surface area (Å²) in [5.41, 5.74) is 6.45. The number of aromatic nitrogens is 1. The predicted octanol–water partition coefficient (Wildman–Crippen LogP) is 7.43. The molecule has 7 heteroatoms. The summed E-state index contributed by atoms with van der Waals surface area (Å²) in [5, 5.41) is 5.71. The van der Waals surface area contributed by atoms with Gasteiger partial charge in [-0.3, -0.25) is 4.79 Å². The van der Waals surface area contributed by atoms with Gasteiger partial charge in [0.2, 0.25) is 0 Å². The number of benzene rings is 3. The average molecular weight is 511 g/mol. The molecule has 2 aromatic heterocycles. The number of nitrogens with one attached hydrogen (secondary N) is 1. The van der Waals surface area contributed by atoms with Crippen LogP contribution < -0.4 is 5.32 Å². The van der Waals surface area contributed by atoms with Crippen LogP contribution in [0.3, 0.4) is 0 Å². The number of pyridine rings is 1. The van der Waals surface area contributed by atoms with Crippen molar-refractivity contribution < 1.29 is 18.7 Å². The molecule has 5 rings (SSSR count). The summed E-state index contributed by atoms with van der Waals surface area (Å²) in [6.45, 7) is 4.09. The number of carbonyl (C=O) groups excluding carboxylic acids is 2. The Morgan fingerprint density at radius 3 is 2.38 bits per heavy atom. The van der Waals surface area contributed by atoms with Crippen molar-refractivity contribution in [2.75, 3.05) is 12.4 Å². The lowest BCUT2D eigenvalue weighted by Crippen LogP contribution is -2.15. The number of fused-ring (bicyclic) bond motifs is 1. The van der Waals surface area contributed by atoms with Crippen molar-refractivity contribution in [1.82, 2.24) is 4.98 Å². The molecule has 0 spiro atoms. The van der Waals surface area contributed by atoms with Crippen LogP contribution >= 0.6 is 11.3 Å². The SMILES string of the molecule is COC(=O)c1c(-c2ccc(F)cc2)csc1NC(=O)c1cc(-c2ccc(C)c(C)c2)nc2ccccc12. The minimum atomic E-state index is -0.591. The lowest BCUT2D eigenvalue weighted by Gasteiger charge is -2.12. The number of rotatable bonds is 5. The highest BCUT2D eigenvalue weighted by Crippen LogP contribution is 2.37. The van der Waals surface area contributed by atoms with Crippen LogP contribution in [-0.4, -0.2) is 24.0 Å². The Balaban J connectivity index is 1.58. The molecule has 3 aromatic carbocycles. The Labute approximate surface area is 217 Å². The van der Waals surface area contributed by atoms with Gasteiger partial charge in [0.1, 0.15) is 16.4 Å². The maximum Gasteiger partial charge on any atom is 0.341 e. The van der Waals surface area contributed by atoms with Gasteiger partial charge in [0.15, 0.2) is 0 Å². The number of hydrogen-bond acceptors (Lipinski definition) is 5. The lowest BCUT2D eigenvalue weighted by atomic mass is 10.0. The number of halogens is 1. The molecule has 0 fully saturated rings. The van der Waals surface area contributed by atoms with Crippen LogP contribution in [0.15, 0.2) is 78.2 Å². The standard InChI is InChI=1S/C30H23FN2O3S/c1-17-8-9-20(14-18(17)2)26-15-23(22-6-4-5-7-25(22)32-26)28(34)33-29-27(30(35)36-3)24(16-37-29)19-10-12-21(31)13-11-19/h4-16H,1-3H3,(H,33,34). The van der Waals surface area contributed by atoms with E-state index in [0.29, 0.717) is 38.3 Å². The maximum atomic E-state index is 13.7. The van der Waals surface area contributed by atoms with Gasteiger partial charge in [-0.2, -0.15) is 0 Å². The minimum absolute atomic E-state index is 0.222. The van der Waals surface area contributed by atoms with Gasteiger partial charge in [-0.1, -0.05) is 42.5 Å². The number of methoxy groups -OCH3 is 1. The van der Waals surface area contributed by atoms with E-state index in [2.05, 4.69) is 11.4 Å². The van der Waals surface area contributed by atoms with Gasteiger partial charge in [-0.05, 0) is 60.9 Å². The van der Waals surface area contributed by atoms with Crippen molar-refractivity contribution in [3.8, 4) is 22.4 Å². The van der Waals surface area contributed by atoms with E-state index >= 15 is 0 Å². The molecule has 5 nitrogen and oxygen atoms in total. The second-order valence-corrected chi connectivity index (χ2v) is 9.56. The largest absolute Gasteiger partial charge is 0.465 e.